The standard InChI is InChI=1S/C27H29N5O4S/c1-17-4-2-3-5-21(17)24-29-30-26(37-24)32(19-8-6-18(7-9-19)23(28)33)25(34)27(31-12-14-35-15-13-31)16-22(27)36-20-10-11-20/h2-9,20,22H,10-16H2,1H3,(H2,28,33). The topological polar surface area (TPSA) is 111 Å². The van der Waals surface area contributed by atoms with Gasteiger partial charge < -0.3 is 15.2 Å². The second-order valence-corrected chi connectivity index (χ2v) is 10.8. The number of primary amides is 1. The number of hydrogen-bond donors (Lipinski definition) is 1. The number of nitrogens with zero attached hydrogens (tertiary/aromatic N) is 4. The largest absolute Gasteiger partial charge is 0.379 e. The summed E-state index contributed by atoms with van der Waals surface area (Å²) in [5.74, 6) is -0.619. The number of hydrogen-bond acceptors (Lipinski definition) is 8. The number of nitrogens with two attached hydrogens (primary N) is 1. The highest BCUT2D eigenvalue weighted by Gasteiger charge is 2.67. The van der Waals surface area contributed by atoms with Crippen molar-refractivity contribution in [1.82, 2.24) is 15.1 Å². The van der Waals surface area contributed by atoms with Crippen molar-refractivity contribution in [2.45, 2.75) is 43.9 Å². The molecule has 0 spiro atoms. The van der Waals surface area contributed by atoms with Crippen LogP contribution in [0.2, 0.25) is 0 Å². The summed E-state index contributed by atoms with van der Waals surface area (Å²) < 4.78 is 11.9. The number of carbonyl (C=O) groups excluding carboxylic acids is 2. The minimum atomic E-state index is -0.788. The van der Waals surface area contributed by atoms with Gasteiger partial charge in [-0.05, 0) is 49.6 Å². The molecule has 192 valence electrons. The van der Waals surface area contributed by atoms with E-state index in [1.165, 1.54) is 11.3 Å². The molecule has 2 aliphatic carbocycles. The van der Waals surface area contributed by atoms with Gasteiger partial charge in [-0.25, -0.2) is 0 Å². The summed E-state index contributed by atoms with van der Waals surface area (Å²) in [5.41, 5.74) is 7.71. The molecule has 2 heterocycles. The van der Waals surface area contributed by atoms with Gasteiger partial charge in [-0.3, -0.25) is 19.4 Å². The molecule has 2 aromatic carbocycles. The summed E-state index contributed by atoms with van der Waals surface area (Å²) in [7, 11) is 0. The van der Waals surface area contributed by atoms with E-state index in [0.29, 0.717) is 49.1 Å². The number of benzene rings is 2. The molecular formula is C27H29N5O4S. The van der Waals surface area contributed by atoms with E-state index in [1.54, 1.807) is 29.2 Å². The molecule has 37 heavy (non-hydrogen) atoms. The smallest absolute Gasteiger partial charge is 0.256 e. The molecule has 3 aliphatic rings. The number of anilines is 2. The minimum absolute atomic E-state index is 0.0978. The number of morpholine rings is 1. The van der Waals surface area contributed by atoms with Crippen molar-refractivity contribution in [3.05, 3.63) is 59.7 Å². The zero-order valence-corrected chi connectivity index (χ0v) is 21.4. The van der Waals surface area contributed by atoms with Gasteiger partial charge in [-0.15, -0.1) is 10.2 Å². The van der Waals surface area contributed by atoms with Gasteiger partial charge in [0, 0.05) is 30.6 Å². The first kappa shape index (κ1) is 24.2. The predicted octanol–water partition coefficient (Wildman–Crippen LogP) is 3.30. The summed E-state index contributed by atoms with van der Waals surface area (Å²) in [6.45, 7) is 4.51. The van der Waals surface area contributed by atoms with Crippen molar-refractivity contribution in [3.8, 4) is 10.6 Å². The summed E-state index contributed by atoms with van der Waals surface area (Å²) >= 11 is 1.37. The van der Waals surface area contributed by atoms with Crippen molar-refractivity contribution in [1.29, 1.82) is 0 Å². The number of aromatic nitrogens is 2. The summed E-state index contributed by atoms with van der Waals surface area (Å²) in [5, 5.41) is 10.1. The van der Waals surface area contributed by atoms with Crippen LogP contribution in [0.15, 0.2) is 48.5 Å². The third-order valence-corrected chi connectivity index (χ3v) is 8.23. The first-order valence-corrected chi connectivity index (χ1v) is 13.4. The number of rotatable bonds is 8. The molecule has 1 saturated heterocycles. The zero-order chi connectivity index (χ0) is 25.6. The van der Waals surface area contributed by atoms with Crippen LogP contribution in [0.4, 0.5) is 10.8 Å². The summed E-state index contributed by atoms with van der Waals surface area (Å²) in [4.78, 5) is 30.1. The van der Waals surface area contributed by atoms with E-state index in [0.717, 1.165) is 29.0 Å². The second-order valence-electron chi connectivity index (χ2n) is 9.81. The monoisotopic (exact) mass is 519 g/mol. The van der Waals surface area contributed by atoms with Crippen molar-refractivity contribution in [3.63, 3.8) is 0 Å². The Morgan fingerprint density at radius 3 is 2.51 bits per heavy atom. The van der Waals surface area contributed by atoms with Crippen molar-refractivity contribution in [2.75, 3.05) is 31.2 Å². The van der Waals surface area contributed by atoms with Gasteiger partial charge in [0.15, 0.2) is 0 Å². The number of aryl methyl sites for hydroxylation is 1. The van der Waals surface area contributed by atoms with Crippen LogP contribution >= 0.6 is 11.3 Å². The maximum Gasteiger partial charge on any atom is 0.256 e. The molecule has 1 aromatic heterocycles. The fraction of sp³-hybridized carbons (Fsp3) is 0.407. The highest BCUT2D eigenvalue weighted by molar-refractivity contribution is 7.18. The lowest BCUT2D eigenvalue weighted by Gasteiger charge is -2.37. The maximum atomic E-state index is 14.6. The first-order valence-electron chi connectivity index (χ1n) is 12.6. The molecule has 2 amide bonds. The molecule has 3 aromatic rings. The molecule has 2 atom stereocenters. The Balaban J connectivity index is 1.40. The van der Waals surface area contributed by atoms with Crippen LogP contribution < -0.4 is 10.6 Å². The molecule has 2 saturated carbocycles. The molecule has 2 N–H and O–H groups in total. The maximum absolute atomic E-state index is 14.6. The van der Waals surface area contributed by atoms with Crippen LogP contribution in [0.1, 0.15) is 35.2 Å². The van der Waals surface area contributed by atoms with E-state index in [1.807, 2.05) is 31.2 Å². The summed E-state index contributed by atoms with van der Waals surface area (Å²) in [6, 6.07) is 14.7. The fourth-order valence-corrected chi connectivity index (χ4v) is 5.94. The van der Waals surface area contributed by atoms with Crippen LogP contribution in [0.25, 0.3) is 10.6 Å². The van der Waals surface area contributed by atoms with Gasteiger partial charge in [0.2, 0.25) is 11.0 Å². The van der Waals surface area contributed by atoms with Crippen molar-refractivity contribution < 1.29 is 19.1 Å². The average molecular weight is 520 g/mol. The lowest BCUT2D eigenvalue weighted by atomic mass is 10.1. The third kappa shape index (κ3) is 4.54. The summed E-state index contributed by atoms with van der Waals surface area (Å²) in [6.07, 6.45) is 2.76. The van der Waals surface area contributed by atoms with E-state index in [4.69, 9.17) is 15.2 Å². The van der Waals surface area contributed by atoms with E-state index in [-0.39, 0.29) is 18.1 Å². The SMILES string of the molecule is Cc1ccccc1-c1nnc(N(C(=O)C2(N3CCOCC3)CC2OC2CC2)c2ccc(C(N)=O)cc2)s1. The molecular weight excluding hydrogens is 490 g/mol. The molecule has 1 aliphatic heterocycles. The number of amides is 2. The Morgan fingerprint density at radius 1 is 1.11 bits per heavy atom. The Kier molecular flexibility index (Phi) is 6.28. The number of carbonyl (C=O) groups is 2. The van der Waals surface area contributed by atoms with E-state index in [2.05, 4.69) is 15.1 Å². The van der Waals surface area contributed by atoms with Crippen LogP contribution in [0.3, 0.4) is 0 Å². The van der Waals surface area contributed by atoms with Crippen LogP contribution in [-0.2, 0) is 14.3 Å². The Morgan fingerprint density at radius 2 is 1.84 bits per heavy atom. The molecule has 0 radical (unpaired) electrons. The van der Waals surface area contributed by atoms with Gasteiger partial charge in [-0.2, -0.15) is 0 Å². The normalized spacial score (nSPS) is 23.5. The molecule has 9 nitrogen and oxygen atoms in total. The lowest BCUT2D eigenvalue weighted by molar-refractivity contribution is -0.129. The molecule has 0 bridgehead atoms. The lowest BCUT2D eigenvalue weighted by Crippen LogP contribution is -2.55. The highest BCUT2D eigenvalue weighted by Crippen LogP contribution is 2.51. The van der Waals surface area contributed by atoms with Gasteiger partial charge >= 0.3 is 0 Å². The second kappa shape index (κ2) is 9.60. The Bertz CT molecular complexity index is 1320. The molecule has 10 heteroatoms. The van der Waals surface area contributed by atoms with Gasteiger partial charge in [0.05, 0.1) is 31.1 Å². The van der Waals surface area contributed by atoms with E-state index >= 15 is 0 Å². The quantitative estimate of drug-likeness (QED) is 0.486. The van der Waals surface area contributed by atoms with E-state index in [9.17, 15) is 9.59 Å². The molecule has 2 unspecified atom stereocenters. The van der Waals surface area contributed by atoms with Crippen LogP contribution in [-0.4, -0.2) is 71.0 Å². The van der Waals surface area contributed by atoms with Crippen molar-refractivity contribution >= 4 is 34.0 Å². The number of ether oxygens (including phenoxy) is 2. The zero-order valence-electron chi connectivity index (χ0n) is 20.6. The van der Waals surface area contributed by atoms with Crippen LogP contribution in [0.5, 0.6) is 0 Å². The predicted molar refractivity (Wildman–Crippen MR) is 140 cm³/mol. The highest BCUT2D eigenvalue weighted by atomic mass is 32.1. The first-order chi connectivity index (χ1) is 18.0. The fourth-order valence-electron chi connectivity index (χ4n) is 4.99. The Hall–Kier alpha value is -3.18. The molecule has 6 rings (SSSR count). The third-order valence-electron chi connectivity index (χ3n) is 7.29. The van der Waals surface area contributed by atoms with Gasteiger partial charge in [0.25, 0.3) is 5.91 Å². The van der Waals surface area contributed by atoms with Gasteiger partial charge in [-0.1, -0.05) is 35.6 Å². The Labute approximate surface area is 219 Å². The van der Waals surface area contributed by atoms with E-state index < -0.39 is 11.4 Å². The molecule has 3 fully saturated rings. The average Bonchev–Trinajstić information content (AvgIpc) is 3.83. The van der Waals surface area contributed by atoms with Crippen LogP contribution in [0, 0.1) is 6.92 Å². The van der Waals surface area contributed by atoms with Crippen molar-refractivity contribution in [2.24, 2.45) is 5.73 Å². The van der Waals surface area contributed by atoms with Gasteiger partial charge in [0.1, 0.15) is 10.5 Å². The minimum Gasteiger partial charge on any atom is -0.379 e.